The molecule has 3 N–H and O–H groups in total. The van der Waals surface area contributed by atoms with E-state index >= 15 is 0 Å². The molecule has 14 heavy (non-hydrogen) atoms. The average Bonchev–Trinajstić information content (AvgIpc) is 2.16. The third-order valence-electron chi connectivity index (χ3n) is 1.66. The molecule has 3 nitrogen and oxygen atoms in total. The minimum atomic E-state index is 0.192. The van der Waals surface area contributed by atoms with Gasteiger partial charge in [0.05, 0.1) is 0 Å². The maximum absolute atomic E-state index is 5.25. The van der Waals surface area contributed by atoms with Crippen molar-refractivity contribution in [2.24, 2.45) is 10.8 Å². The zero-order valence-electron chi connectivity index (χ0n) is 8.03. The van der Waals surface area contributed by atoms with Crippen molar-refractivity contribution in [3.63, 3.8) is 0 Å². The van der Waals surface area contributed by atoms with Gasteiger partial charge in [0.2, 0.25) is 0 Å². The molecule has 4 heteroatoms. The minimum absolute atomic E-state index is 0.192. The molecule has 74 valence electrons. The van der Waals surface area contributed by atoms with Crippen LogP contribution in [-0.2, 0) is 6.42 Å². The van der Waals surface area contributed by atoms with E-state index < -0.39 is 0 Å². The number of hydrogen-bond acceptors (Lipinski definition) is 2. The van der Waals surface area contributed by atoms with Gasteiger partial charge in [-0.1, -0.05) is 30.3 Å². The molecule has 0 amide bonds. The van der Waals surface area contributed by atoms with Gasteiger partial charge in [-0.05, 0) is 24.7 Å². The fraction of sp³-hybridized carbons (Fsp3) is 0.200. The summed E-state index contributed by atoms with van der Waals surface area (Å²) in [5.74, 6) is 0. The highest BCUT2D eigenvalue weighted by Crippen LogP contribution is 2.00. The first-order valence-corrected chi connectivity index (χ1v) is 4.72. The third-order valence-corrected chi connectivity index (χ3v) is 1.75. The van der Waals surface area contributed by atoms with E-state index in [0.717, 1.165) is 12.1 Å². The highest BCUT2D eigenvalue weighted by Gasteiger charge is 1.94. The number of nitrogens with zero attached hydrogens (tertiary/aromatic N) is 1. The second-order valence-corrected chi connectivity index (χ2v) is 3.43. The third kappa shape index (κ3) is 4.00. The van der Waals surface area contributed by atoms with Gasteiger partial charge < -0.3 is 5.73 Å². The summed E-state index contributed by atoms with van der Waals surface area (Å²) in [7, 11) is 0. The van der Waals surface area contributed by atoms with Crippen molar-refractivity contribution in [1.82, 2.24) is 5.43 Å². The fourth-order valence-corrected chi connectivity index (χ4v) is 1.13. The summed E-state index contributed by atoms with van der Waals surface area (Å²) in [4.78, 5) is 0. The monoisotopic (exact) mass is 207 g/mol. The van der Waals surface area contributed by atoms with Crippen LogP contribution in [0.2, 0.25) is 0 Å². The van der Waals surface area contributed by atoms with E-state index in [4.69, 9.17) is 5.73 Å². The van der Waals surface area contributed by atoms with E-state index in [-0.39, 0.29) is 5.11 Å². The van der Waals surface area contributed by atoms with Crippen molar-refractivity contribution in [3.8, 4) is 0 Å². The van der Waals surface area contributed by atoms with Crippen LogP contribution in [0.1, 0.15) is 12.5 Å². The Morgan fingerprint density at radius 3 is 2.64 bits per heavy atom. The number of hydrazone groups is 1. The molecule has 0 heterocycles. The molecular weight excluding hydrogens is 194 g/mol. The van der Waals surface area contributed by atoms with Gasteiger partial charge in [-0.15, -0.1) is 0 Å². The Labute approximate surface area is 89.0 Å². The lowest BCUT2D eigenvalue weighted by atomic mass is 10.1. The van der Waals surface area contributed by atoms with Crippen LogP contribution in [-0.4, -0.2) is 10.8 Å². The summed E-state index contributed by atoms with van der Waals surface area (Å²) in [6.45, 7) is 1.93. The lowest BCUT2D eigenvalue weighted by Crippen LogP contribution is -2.25. The molecule has 0 spiro atoms. The molecule has 0 fully saturated rings. The minimum Gasteiger partial charge on any atom is -0.375 e. The summed E-state index contributed by atoms with van der Waals surface area (Å²) < 4.78 is 0. The fourth-order valence-electron chi connectivity index (χ4n) is 1.08. The first-order valence-electron chi connectivity index (χ1n) is 4.31. The molecule has 0 aromatic heterocycles. The van der Waals surface area contributed by atoms with E-state index in [1.54, 1.807) is 0 Å². The van der Waals surface area contributed by atoms with E-state index in [9.17, 15) is 0 Å². The van der Waals surface area contributed by atoms with Crippen LogP contribution < -0.4 is 11.2 Å². The molecule has 1 aromatic rings. The largest absolute Gasteiger partial charge is 0.375 e. The van der Waals surface area contributed by atoms with Gasteiger partial charge in [-0.25, -0.2) is 0 Å². The SMILES string of the molecule is C/C(Cc1ccccc1)=N\NC(N)=S. The van der Waals surface area contributed by atoms with Gasteiger partial charge in [-0.2, -0.15) is 5.10 Å². The van der Waals surface area contributed by atoms with Gasteiger partial charge in [0.15, 0.2) is 5.11 Å². The van der Waals surface area contributed by atoms with E-state index in [0.29, 0.717) is 0 Å². The van der Waals surface area contributed by atoms with E-state index in [1.165, 1.54) is 5.56 Å². The molecule has 0 radical (unpaired) electrons. The van der Waals surface area contributed by atoms with Gasteiger partial charge >= 0.3 is 0 Å². The molecule has 1 rings (SSSR count). The molecule has 0 atom stereocenters. The predicted octanol–water partition coefficient (Wildman–Crippen LogP) is 1.44. The van der Waals surface area contributed by atoms with E-state index in [2.05, 4.69) is 34.9 Å². The molecule has 0 bridgehead atoms. The molecule has 0 aliphatic rings. The number of rotatable bonds is 3. The number of benzene rings is 1. The van der Waals surface area contributed by atoms with Crippen LogP contribution in [0.25, 0.3) is 0 Å². The van der Waals surface area contributed by atoms with Crippen LogP contribution in [0.5, 0.6) is 0 Å². The predicted molar refractivity (Wildman–Crippen MR) is 63.2 cm³/mol. The molecule has 1 aromatic carbocycles. The van der Waals surface area contributed by atoms with Crippen molar-refractivity contribution in [2.75, 3.05) is 0 Å². The second-order valence-electron chi connectivity index (χ2n) is 2.99. The van der Waals surface area contributed by atoms with Crippen molar-refractivity contribution >= 4 is 23.0 Å². The highest BCUT2D eigenvalue weighted by molar-refractivity contribution is 7.80. The first-order chi connectivity index (χ1) is 6.68. The molecule has 0 saturated carbocycles. The summed E-state index contributed by atoms with van der Waals surface area (Å²) >= 11 is 4.64. The Morgan fingerprint density at radius 2 is 2.07 bits per heavy atom. The van der Waals surface area contributed by atoms with E-state index in [1.807, 2.05) is 25.1 Å². The zero-order valence-corrected chi connectivity index (χ0v) is 8.84. The van der Waals surface area contributed by atoms with Crippen LogP contribution in [0.3, 0.4) is 0 Å². The Kier molecular flexibility index (Phi) is 4.07. The summed E-state index contributed by atoms with van der Waals surface area (Å²) in [5, 5.41) is 4.21. The van der Waals surface area contributed by atoms with Gasteiger partial charge in [-0.3, -0.25) is 5.43 Å². The van der Waals surface area contributed by atoms with Crippen LogP contribution in [0.15, 0.2) is 35.4 Å². The average molecular weight is 207 g/mol. The summed E-state index contributed by atoms with van der Waals surface area (Å²) in [6, 6.07) is 10.1. The normalized spacial score (nSPS) is 11.1. The molecule has 0 unspecified atom stereocenters. The van der Waals surface area contributed by atoms with Crippen LogP contribution in [0.4, 0.5) is 0 Å². The number of thiocarbonyl (C=S) groups is 1. The van der Waals surface area contributed by atoms with Crippen LogP contribution >= 0.6 is 12.2 Å². The molecule has 0 saturated heterocycles. The Bertz CT molecular complexity index is 332. The van der Waals surface area contributed by atoms with Crippen molar-refractivity contribution in [2.45, 2.75) is 13.3 Å². The molecule has 0 aliphatic carbocycles. The topological polar surface area (TPSA) is 50.4 Å². The summed E-state index contributed by atoms with van der Waals surface area (Å²) in [5.41, 5.74) is 9.98. The van der Waals surface area contributed by atoms with Crippen molar-refractivity contribution < 1.29 is 0 Å². The smallest absolute Gasteiger partial charge is 0.184 e. The Balaban J connectivity index is 2.53. The summed E-state index contributed by atoms with van der Waals surface area (Å²) in [6.07, 6.45) is 0.802. The maximum atomic E-state index is 5.25. The van der Waals surface area contributed by atoms with Crippen LogP contribution in [0, 0.1) is 0 Å². The lowest BCUT2D eigenvalue weighted by Gasteiger charge is -2.01. The number of hydrogen-bond donors (Lipinski definition) is 2. The Hall–Kier alpha value is -1.42. The van der Waals surface area contributed by atoms with Gasteiger partial charge in [0.1, 0.15) is 0 Å². The lowest BCUT2D eigenvalue weighted by molar-refractivity contribution is 1.01. The standard InChI is InChI=1S/C10H13N3S/c1-8(12-13-10(11)14)7-9-5-3-2-4-6-9/h2-6H,7H2,1H3,(H3,11,13,14)/b12-8+. The van der Waals surface area contributed by atoms with Crippen molar-refractivity contribution in [3.05, 3.63) is 35.9 Å². The number of nitrogens with one attached hydrogen (secondary N) is 1. The van der Waals surface area contributed by atoms with Gasteiger partial charge in [0, 0.05) is 12.1 Å². The molecular formula is C10H13N3S. The quantitative estimate of drug-likeness (QED) is 0.448. The van der Waals surface area contributed by atoms with Gasteiger partial charge in [0.25, 0.3) is 0 Å². The maximum Gasteiger partial charge on any atom is 0.184 e. The number of nitrogens with two attached hydrogens (primary N) is 1. The first kappa shape index (κ1) is 10.7. The molecule has 0 aliphatic heterocycles. The zero-order chi connectivity index (χ0) is 10.4. The highest BCUT2D eigenvalue weighted by atomic mass is 32.1. The Morgan fingerprint density at radius 1 is 1.43 bits per heavy atom. The second kappa shape index (κ2) is 5.34. The van der Waals surface area contributed by atoms with Crippen molar-refractivity contribution in [1.29, 1.82) is 0 Å².